The van der Waals surface area contributed by atoms with E-state index in [1.807, 2.05) is 20.8 Å². The van der Waals surface area contributed by atoms with Gasteiger partial charge < -0.3 is 15.4 Å². The number of thiazole rings is 1. The Morgan fingerprint density at radius 3 is 2.50 bits per heavy atom. The highest BCUT2D eigenvalue weighted by molar-refractivity contribution is 7.15. The molecule has 1 aromatic heterocycles. The second-order valence-corrected chi connectivity index (χ2v) is 8.59. The van der Waals surface area contributed by atoms with Gasteiger partial charge in [-0.05, 0) is 33.6 Å². The van der Waals surface area contributed by atoms with Crippen molar-refractivity contribution in [1.82, 2.24) is 15.6 Å². The topological polar surface area (TPSA) is 63.2 Å². The number of carbonyl (C=O) groups is 1. The van der Waals surface area contributed by atoms with Crippen molar-refractivity contribution in [1.29, 1.82) is 0 Å². The van der Waals surface area contributed by atoms with Crippen LogP contribution in [-0.4, -0.2) is 28.8 Å². The monoisotopic (exact) mass is 347 g/mol. The maximum atomic E-state index is 11.8. The van der Waals surface area contributed by atoms with Gasteiger partial charge in [-0.3, -0.25) is 0 Å². The minimum atomic E-state index is -0.497. The Balaban J connectivity index is 2.57. The second kappa shape index (κ2) is 7.62. The summed E-state index contributed by atoms with van der Waals surface area (Å²) in [5, 5.41) is 7.22. The lowest BCUT2D eigenvalue weighted by Crippen LogP contribution is -2.55. The molecule has 1 aromatic rings. The van der Waals surface area contributed by atoms with Crippen molar-refractivity contribution in [3.8, 4) is 0 Å². The zero-order chi connectivity index (χ0) is 17.0. The Kier molecular flexibility index (Phi) is 6.65. The summed E-state index contributed by atoms with van der Waals surface area (Å²) in [6.45, 7) is 12.9. The first kappa shape index (κ1) is 19.2. The predicted octanol–water partition coefficient (Wildman–Crippen LogP) is 3.83. The number of nitrogens with one attached hydrogen (secondary N) is 2. The van der Waals surface area contributed by atoms with Crippen LogP contribution in [0.1, 0.15) is 46.6 Å². The molecule has 5 nitrogen and oxygen atoms in total. The van der Waals surface area contributed by atoms with Gasteiger partial charge in [-0.1, -0.05) is 25.4 Å². The Morgan fingerprint density at radius 1 is 1.41 bits per heavy atom. The molecular formula is C15H26ClN3O2S. The van der Waals surface area contributed by atoms with Crippen molar-refractivity contribution in [3.05, 3.63) is 15.5 Å². The van der Waals surface area contributed by atoms with Gasteiger partial charge in [0.2, 0.25) is 0 Å². The number of nitrogens with zero attached hydrogens (tertiary/aromatic N) is 1. The van der Waals surface area contributed by atoms with Crippen LogP contribution >= 0.6 is 22.9 Å². The molecule has 0 aliphatic rings. The van der Waals surface area contributed by atoms with E-state index in [2.05, 4.69) is 36.4 Å². The molecule has 22 heavy (non-hydrogen) atoms. The summed E-state index contributed by atoms with van der Waals surface area (Å²) in [6, 6.07) is 0. The fourth-order valence-corrected chi connectivity index (χ4v) is 2.58. The third kappa shape index (κ3) is 6.50. The van der Waals surface area contributed by atoms with Crippen LogP contribution in [0.25, 0.3) is 0 Å². The van der Waals surface area contributed by atoms with Crippen LogP contribution in [-0.2, 0) is 11.3 Å². The molecule has 0 spiro atoms. The molecule has 1 rings (SSSR count). The SMILES string of the molecule is CC(C)C(C)(CNC(=O)OC(C)(C)C)NCc1ncc(Cl)s1. The lowest BCUT2D eigenvalue weighted by molar-refractivity contribution is 0.0503. The average molecular weight is 348 g/mol. The Hall–Kier alpha value is -0.850. The van der Waals surface area contributed by atoms with E-state index in [1.54, 1.807) is 6.20 Å². The summed E-state index contributed by atoms with van der Waals surface area (Å²) in [5.41, 5.74) is -0.765. The third-order valence-corrected chi connectivity index (χ3v) is 4.56. The molecule has 7 heteroatoms. The number of rotatable bonds is 6. The van der Waals surface area contributed by atoms with Crippen LogP contribution in [0.4, 0.5) is 4.79 Å². The molecule has 2 N–H and O–H groups in total. The molecule has 1 heterocycles. The zero-order valence-corrected chi connectivity index (χ0v) is 15.7. The number of amides is 1. The van der Waals surface area contributed by atoms with Gasteiger partial charge >= 0.3 is 6.09 Å². The quantitative estimate of drug-likeness (QED) is 0.821. The van der Waals surface area contributed by atoms with E-state index >= 15 is 0 Å². The number of carbonyl (C=O) groups excluding carboxylic acids is 1. The van der Waals surface area contributed by atoms with Crippen molar-refractivity contribution in [2.24, 2.45) is 5.92 Å². The third-order valence-electron chi connectivity index (χ3n) is 3.44. The van der Waals surface area contributed by atoms with Crippen molar-refractivity contribution in [2.45, 2.75) is 59.2 Å². The van der Waals surface area contributed by atoms with E-state index < -0.39 is 11.7 Å². The van der Waals surface area contributed by atoms with Crippen molar-refractivity contribution < 1.29 is 9.53 Å². The molecule has 1 amide bonds. The lowest BCUT2D eigenvalue weighted by atomic mass is 9.88. The summed E-state index contributed by atoms with van der Waals surface area (Å²) in [5.74, 6) is 0.317. The smallest absolute Gasteiger partial charge is 0.407 e. The number of aromatic nitrogens is 1. The summed E-state index contributed by atoms with van der Waals surface area (Å²) in [4.78, 5) is 16.1. The van der Waals surface area contributed by atoms with Crippen molar-refractivity contribution in [3.63, 3.8) is 0 Å². The number of ether oxygens (including phenoxy) is 1. The van der Waals surface area contributed by atoms with Crippen LogP contribution < -0.4 is 10.6 Å². The van der Waals surface area contributed by atoms with Crippen molar-refractivity contribution in [2.75, 3.05) is 6.54 Å². The van der Waals surface area contributed by atoms with Gasteiger partial charge in [-0.25, -0.2) is 9.78 Å². The zero-order valence-electron chi connectivity index (χ0n) is 14.1. The van der Waals surface area contributed by atoms with Gasteiger partial charge in [-0.15, -0.1) is 11.3 Å². The highest BCUT2D eigenvalue weighted by Crippen LogP contribution is 2.21. The molecule has 0 fully saturated rings. The number of hydrogen-bond donors (Lipinski definition) is 2. The predicted molar refractivity (Wildman–Crippen MR) is 91.4 cm³/mol. The van der Waals surface area contributed by atoms with Crippen LogP contribution in [0.15, 0.2) is 6.20 Å². The van der Waals surface area contributed by atoms with Crippen LogP contribution in [0.5, 0.6) is 0 Å². The first-order valence-corrected chi connectivity index (χ1v) is 8.53. The second-order valence-electron chi connectivity index (χ2n) is 6.84. The normalized spacial score (nSPS) is 14.7. The van der Waals surface area contributed by atoms with Gasteiger partial charge in [0.15, 0.2) is 0 Å². The number of halogens is 1. The molecular weight excluding hydrogens is 322 g/mol. The highest BCUT2D eigenvalue weighted by atomic mass is 35.5. The Morgan fingerprint density at radius 2 is 2.05 bits per heavy atom. The van der Waals surface area contributed by atoms with E-state index in [0.29, 0.717) is 23.3 Å². The van der Waals surface area contributed by atoms with E-state index in [9.17, 15) is 4.79 Å². The van der Waals surface area contributed by atoms with Gasteiger partial charge in [0, 0.05) is 18.6 Å². The summed E-state index contributed by atoms with van der Waals surface area (Å²) >= 11 is 7.34. The van der Waals surface area contributed by atoms with Crippen LogP contribution in [0.3, 0.4) is 0 Å². The van der Waals surface area contributed by atoms with Gasteiger partial charge in [0.1, 0.15) is 14.9 Å². The standard InChI is InChI=1S/C15H26ClN3O2S/c1-10(2)15(6,9-18-13(20)21-14(3,4)5)19-8-12-17-7-11(16)22-12/h7,10,19H,8-9H2,1-6H3,(H,18,20). The molecule has 0 bridgehead atoms. The van der Waals surface area contributed by atoms with Crippen molar-refractivity contribution >= 4 is 29.0 Å². The largest absolute Gasteiger partial charge is 0.444 e. The number of hydrogen-bond acceptors (Lipinski definition) is 5. The molecule has 0 saturated heterocycles. The fraction of sp³-hybridized carbons (Fsp3) is 0.733. The average Bonchev–Trinajstić information content (AvgIpc) is 2.77. The molecule has 1 unspecified atom stereocenters. The molecule has 0 aliphatic carbocycles. The molecule has 0 aromatic carbocycles. The number of alkyl carbamates (subject to hydrolysis) is 1. The minimum absolute atomic E-state index is 0.269. The molecule has 0 radical (unpaired) electrons. The van der Waals surface area contributed by atoms with E-state index in [-0.39, 0.29) is 5.54 Å². The maximum absolute atomic E-state index is 11.8. The minimum Gasteiger partial charge on any atom is -0.444 e. The maximum Gasteiger partial charge on any atom is 0.407 e. The van der Waals surface area contributed by atoms with E-state index in [0.717, 1.165) is 5.01 Å². The summed E-state index contributed by atoms with van der Waals surface area (Å²) in [7, 11) is 0. The first-order chi connectivity index (χ1) is 10.0. The molecule has 0 saturated carbocycles. The fourth-order valence-electron chi connectivity index (χ4n) is 1.69. The van der Waals surface area contributed by atoms with Crippen LogP contribution in [0, 0.1) is 5.92 Å². The summed E-state index contributed by atoms with van der Waals surface area (Å²) in [6.07, 6.45) is 1.24. The highest BCUT2D eigenvalue weighted by Gasteiger charge is 2.29. The lowest BCUT2D eigenvalue weighted by Gasteiger charge is -2.35. The van der Waals surface area contributed by atoms with E-state index in [1.165, 1.54) is 11.3 Å². The van der Waals surface area contributed by atoms with Gasteiger partial charge in [-0.2, -0.15) is 0 Å². The molecule has 126 valence electrons. The van der Waals surface area contributed by atoms with Crippen LogP contribution in [0.2, 0.25) is 4.34 Å². The van der Waals surface area contributed by atoms with E-state index in [4.69, 9.17) is 16.3 Å². The first-order valence-electron chi connectivity index (χ1n) is 7.34. The van der Waals surface area contributed by atoms with Gasteiger partial charge in [0.05, 0.1) is 6.20 Å². The Bertz CT molecular complexity index is 499. The molecule has 1 atom stereocenters. The van der Waals surface area contributed by atoms with Gasteiger partial charge in [0.25, 0.3) is 0 Å². The summed E-state index contributed by atoms with van der Waals surface area (Å²) < 4.78 is 5.95. The Labute approximate surface area is 141 Å². The molecule has 0 aliphatic heterocycles.